The number of nitrogens with zero attached hydrogens (tertiary/aromatic N) is 7. The molecule has 5 aliphatic heterocycles. The van der Waals surface area contributed by atoms with Crippen LogP contribution < -0.4 is 16.4 Å². The van der Waals surface area contributed by atoms with E-state index in [-0.39, 0.29) is 58.6 Å². The lowest BCUT2D eigenvalue weighted by atomic mass is 9.78. The third kappa shape index (κ3) is 5.21. The molecule has 3 amide bonds. The van der Waals surface area contributed by atoms with Gasteiger partial charge in [0.15, 0.2) is 0 Å². The van der Waals surface area contributed by atoms with E-state index in [1.165, 1.54) is 27.7 Å². The quantitative estimate of drug-likeness (QED) is 0.218. The number of β-lactam (4-membered cyclic amide) rings is 1. The van der Waals surface area contributed by atoms with Crippen LogP contribution in [0.2, 0.25) is 0 Å². The van der Waals surface area contributed by atoms with E-state index < -0.39 is 17.9 Å². The van der Waals surface area contributed by atoms with Crippen molar-refractivity contribution in [2.45, 2.75) is 69.6 Å². The van der Waals surface area contributed by atoms with E-state index in [1.54, 1.807) is 6.92 Å². The SMILES string of the molecule is C[C@@H](NC(=O)Cn1cnnn1)[C@H]1C(=O)N2C(C(=O)O)=C(SC3CNC(C(=O)N4CC5N(CCN)CC[C@@]5(C)C4)C3)[C@H](C)[C@H]12. The number of carbonyl (C=O) groups is 4. The van der Waals surface area contributed by atoms with E-state index >= 15 is 0 Å². The van der Waals surface area contributed by atoms with Gasteiger partial charge in [0.1, 0.15) is 18.6 Å². The number of carboxylic acids is 1. The van der Waals surface area contributed by atoms with Gasteiger partial charge < -0.3 is 31.3 Å². The van der Waals surface area contributed by atoms with Crippen LogP contribution in [0.25, 0.3) is 0 Å². The molecule has 8 atom stereocenters. The Kier molecular flexibility index (Phi) is 7.98. The van der Waals surface area contributed by atoms with Gasteiger partial charge in [0, 0.05) is 66.3 Å². The number of nitrogens with one attached hydrogen (secondary N) is 2. The Hall–Kier alpha value is -3.08. The summed E-state index contributed by atoms with van der Waals surface area (Å²) in [5.74, 6) is -2.47. The number of thioether (sulfide) groups is 1. The van der Waals surface area contributed by atoms with Crippen LogP contribution in [0.4, 0.5) is 0 Å². The molecule has 0 aliphatic carbocycles. The number of aromatic nitrogens is 4. The molecule has 4 saturated heterocycles. The van der Waals surface area contributed by atoms with Crippen LogP contribution in [0.5, 0.6) is 0 Å². The zero-order valence-electron chi connectivity index (χ0n) is 24.7. The van der Waals surface area contributed by atoms with Gasteiger partial charge in [-0.1, -0.05) is 13.8 Å². The van der Waals surface area contributed by atoms with Crippen molar-refractivity contribution in [2.24, 2.45) is 23.0 Å². The summed E-state index contributed by atoms with van der Waals surface area (Å²) >= 11 is 1.46. The molecule has 0 saturated carbocycles. The lowest BCUT2D eigenvalue weighted by molar-refractivity contribution is -0.158. The molecule has 5 aliphatic rings. The van der Waals surface area contributed by atoms with Gasteiger partial charge >= 0.3 is 5.97 Å². The first-order valence-electron chi connectivity index (χ1n) is 15.0. The van der Waals surface area contributed by atoms with Crippen molar-refractivity contribution in [3.05, 3.63) is 16.9 Å². The van der Waals surface area contributed by atoms with Gasteiger partial charge in [-0.15, -0.1) is 16.9 Å². The van der Waals surface area contributed by atoms with Crippen molar-refractivity contribution in [1.29, 1.82) is 0 Å². The molecule has 3 unspecified atom stereocenters. The van der Waals surface area contributed by atoms with Crippen molar-refractivity contribution in [1.82, 2.24) is 45.5 Å². The maximum Gasteiger partial charge on any atom is 0.353 e. The molecule has 43 heavy (non-hydrogen) atoms. The number of amides is 3. The molecular formula is C27H40N10O5S. The highest BCUT2D eigenvalue weighted by molar-refractivity contribution is 8.03. The standard InChI is InChI=1S/C27H40N10O5S/c1-14-21-20(15(2)31-19(38)11-36-13-30-32-33-36)25(40)37(21)22(26(41)42)23(14)43-16-8-17(29-9-16)24(39)35-10-18-27(3,12-35)4-6-34(18)7-5-28/h13-18,20-21,29H,4-12,28H2,1-3H3,(H,31,38)(H,41,42)/t14-,15-,16?,17?,18?,20-,21-,27+/m1/s1. The first-order valence-corrected chi connectivity index (χ1v) is 15.8. The Balaban J connectivity index is 1.08. The summed E-state index contributed by atoms with van der Waals surface area (Å²) in [7, 11) is 0. The number of fused-ring (bicyclic) bond motifs is 2. The van der Waals surface area contributed by atoms with E-state index in [0.29, 0.717) is 37.0 Å². The number of carbonyl (C=O) groups excluding carboxylic acids is 3. The van der Waals surface area contributed by atoms with Crippen molar-refractivity contribution in [2.75, 3.05) is 39.3 Å². The van der Waals surface area contributed by atoms with E-state index in [2.05, 4.69) is 38.0 Å². The van der Waals surface area contributed by atoms with E-state index in [0.717, 1.165) is 26.1 Å². The number of tetrazole rings is 1. The van der Waals surface area contributed by atoms with Crippen LogP contribution in [-0.4, -0.2) is 132 Å². The minimum atomic E-state index is -1.14. The molecule has 16 heteroatoms. The number of nitrogens with two attached hydrogens (primary N) is 1. The number of aliphatic carboxylic acids is 1. The third-order valence-corrected chi connectivity index (χ3v) is 11.5. The second-order valence-corrected chi connectivity index (χ2v) is 14.1. The number of hydrogen-bond acceptors (Lipinski definition) is 11. The van der Waals surface area contributed by atoms with Crippen LogP contribution in [-0.2, 0) is 25.7 Å². The van der Waals surface area contributed by atoms with Crippen LogP contribution in [0.15, 0.2) is 16.9 Å². The summed E-state index contributed by atoms with van der Waals surface area (Å²) in [4.78, 5) is 58.2. The highest BCUT2D eigenvalue weighted by atomic mass is 32.2. The van der Waals surface area contributed by atoms with Gasteiger partial charge in [-0.3, -0.25) is 19.3 Å². The smallest absolute Gasteiger partial charge is 0.353 e. The largest absolute Gasteiger partial charge is 0.477 e. The molecule has 1 aromatic rings. The normalized spacial score (nSPS) is 34.4. The van der Waals surface area contributed by atoms with Crippen molar-refractivity contribution < 1.29 is 24.3 Å². The predicted molar refractivity (Wildman–Crippen MR) is 155 cm³/mol. The van der Waals surface area contributed by atoms with Gasteiger partial charge in [0.25, 0.3) is 0 Å². The van der Waals surface area contributed by atoms with Gasteiger partial charge in [0.05, 0.1) is 18.0 Å². The molecule has 5 N–H and O–H groups in total. The van der Waals surface area contributed by atoms with Crippen LogP contribution in [0.1, 0.15) is 33.6 Å². The predicted octanol–water partition coefficient (Wildman–Crippen LogP) is -1.70. The van der Waals surface area contributed by atoms with Crippen LogP contribution in [0, 0.1) is 17.3 Å². The highest BCUT2D eigenvalue weighted by Crippen LogP contribution is 2.52. The monoisotopic (exact) mass is 616 g/mol. The number of likely N-dealkylation sites (tertiary alicyclic amines) is 2. The average Bonchev–Trinajstić information content (AvgIpc) is 3.76. The zero-order chi connectivity index (χ0) is 30.6. The maximum absolute atomic E-state index is 13.6. The van der Waals surface area contributed by atoms with Gasteiger partial charge in [-0.2, -0.15) is 0 Å². The summed E-state index contributed by atoms with van der Waals surface area (Å²) in [6.07, 6.45) is 2.97. The minimum absolute atomic E-state index is 0.00662. The molecule has 1 aromatic heterocycles. The molecular weight excluding hydrogens is 576 g/mol. The Morgan fingerprint density at radius 2 is 2.14 bits per heavy atom. The zero-order valence-corrected chi connectivity index (χ0v) is 25.5. The first-order chi connectivity index (χ1) is 20.5. The second kappa shape index (κ2) is 11.4. The maximum atomic E-state index is 13.6. The van der Waals surface area contributed by atoms with E-state index in [1.807, 2.05) is 11.8 Å². The van der Waals surface area contributed by atoms with E-state index in [4.69, 9.17) is 5.73 Å². The first kappa shape index (κ1) is 30.0. The summed E-state index contributed by atoms with van der Waals surface area (Å²) < 4.78 is 1.29. The molecule has 0 aromatic carbocycles. The van der Waals surface area contributed by atoms with Crippen molar-refractivity contribution in [3.63, 3.8) is 0 Å². The summed E-state index contributed by atoms with van der Waals surface area (Å²) in [5, 5.41) is 27.1. The Bertz CT molecular complexity index is 1320. The number of hydrogen-bond donors (Lipinski definition) is 4. The Labute approximate surface area is 253 Å². The summed E-state index contributed by atoms with van der Waals surface area (Å²) in [6.45, 7) is 10.4. The Morgan fingerprint density at radius 1 is 1.35 bits per heavy atom. The van der Waals surface area contributed by atoms with Crippen molar-refractivity contribution in [3.8, 4) is 0 Å². The van der Waals surface area contributed by atoms with Crippen molar-refractivity contribution >= 4 is 35.5 Å². The third-order valence-electron chi connectivity index (χ3n) is 9.99. The fourth-order valence-corrected chi connectivity index (χ4v) is 9.34. The minimum Gasteiger partial charge on any atom is -0.477 e. The molecule has 0 radical (unpaired) electrons. The van der Waals surface area contributed by atoms with Gasteiger partial charge in [0.2, 0.25) is 17.7 Å². The highest BCUT2D eigenvalue weighted by Gasteiger charge is 2.60. The van der Waals surface area contributed by atoms with Gasteiger partial charge in [-0.25, -0.2) is 9.48 Å². The van der Waals surface area contributed by atoms with Gasteiger partial charge in [-0.05, 0) is 36.7 Å². The molecule has 4 fully saturated rings. The fourth-order valence-electron chi connectivity index (χ4n) is 7.86. The summed E-state index contributed by atoms with van der Waals surface area (Å²) in [5.41, 5.74) is 5.92. The molecule has 0 spiro atoms. The number of rotatable bonds is 10. The Morgan fingerprint density at radius 3 is 2.84 bits per heavy atom. The fraction of sp³-hybridized carbons (Fsp3) is 0.741. The topological polar surface area (TPSA) is 192 Å². The second-order valence-electron chi connectivity index (χ2n) is 12.8. The molecule has 234 valence electrons. The molecule has 15 nitrogen and oxygen atoms in total. The molecule has 6 rings (SSSR count). The van der Waals surface area contributed by atoms with Crippen LogP contribution in [0.3, 0.4) is 0 Å². The molecule has 0 bridgehead atoms. The number of carboxylic acid groups (broad SMARTS) is 1. The van der Waals surface area contributed by atoms with E-state index in [9.17, 15) is 24.3 Å². The molecule has 6 heterocycles. The summed E-state index contributed by atoms with van der Waals surface area (Å²) in [6, 6.07) is -0.860. The lowest BCUT2D eigenvalue weighted by Crippen LogP contribution is -2.66. The lowest BCUT2D eigenvalue weighted by Gasteiger charge is -2.47. The average molecular weight is 617 g/mol. The van der Waals surface area contributed by atoms with Crippen LogP contribution >= 0.6 is 11.8 Å².